The Morgan fingerprint density at radius 2 is 2.28 bits per heavy atom. The molecule has 2 aromatic rings. The topological polar surface area (TPSA) is 54.7 Å². The zero-order valence-electron chi connectivity index (χ0n) is 10.8. The second kappa shape index (κ2) is 4.07. The molecule has 0 radical (unpaired) electrons. The number of hydrogen-bond donors (Lipinski definition) is 2. The molecule has 1 aliphatic carbocycles. The van der Waals surface area contributed by atoms with Crippen molar-refractivity contribution in [3.8, 4) is 0 Å². The summed E-state index contributed by atoms with van der Waals surface area (Å²) in [5.74, 6) is 1.05. The molecule has 0 saturated heterocycles. The van der Waals surface area contributed by atoms with Gasteiger partial charge >= 0.3 is 0 Å². The number of aromatic nitrogens is 2. The van der Waals surface area contributed by atoms with Gasteiger partial charge in [0.25, 0.3) is 0 Å². The van der Waals surface area contributed by atoms with Crippen LogP contribution in [0.2, 0.25) is 0 Å². The molecule has 4 heteroatoms. The highest BCUT2D eigenvalue weighted by molar-refractivity contribution is 9.10. The van der Waals surface area contributed by atoms with Gasteiger partial charge in [0.1, 0.15) is 5.82 Å². The van der Waals surface area contributed by atoms with E-state index in [1.54, 1.807) is 0 Å². The minimum absolute atomic E-state index is 0.00205. The second-order valence-corrected chi connectivity index (χ2v) is 6.54. The van der Waals surface area contributed by atoms with Gasteiger partial charge in [-0.3, -0.25) is 0 Å². The monoisotopic (exact) mass is 307 g/mol. The summed E-state index contributed by atoms with van der Waals surface area (Å²) in [6, 6.07) is 4.40. The van der Waals surface area contributed by atoms with Crippen LogP contribution in [0.4, 0.5) is 0 Å². The molecule has 1 heterocycles. The molecule has 3 rings (SSSR count). The Labute approximate surface area is 115 Å². The molecule has 1 aliphatic rings. The van der Waals surface area contributed by atoms with E-state index >= 15 is 0 Å². The highest BCUT2D eigenvalue weighted by Crippen LogP contribution is 2.39. The predicted molar refractivity (Wildman–Crippen MR) is 77.7 cm³/mol. The third-order valence-corrected chi connectivity index (χ3v) is 4.77. The fraction of sp³-hybridized carbons (Fsp3) is 0.500. The molecule has 0 spiro atoms. The summed E-state index contributed by atoms with van der Waals surface area (Å²) >= 11 is 3.53. The largest absolute Gasteiger partial charge is 0.341 e. The lowest BCUT2D eigenvalue weighted by atomic mass is 9.84. The normalized spacial score (nSPS) is 28.1. The zero-order chi connectivity index (χ0) is 12.9. The van der Waals surface area contributed by atoms with Gasteiger partial charge in [0, 0.05) is 15.9 Å². The number of halogens is 1. The molecular formula is C14H18BrN3. The van der Waals surface area contributed by atoms with E-state index in [1.165, 1.54) is 12.0 Å². The van der Waals surface area contributed by atoms with Gasteiger partial charge in [0.15, 0.2) is 0 Å². The lowest BCUT2D eigenvalue weighted by Gasteiger charge is -2.26. The van der Waals surface area contributed by atoms with Crippen molar-refractivity contribution in [2.24, 2.45) is 5.73 Å². The van der Waals surface area contributed by atoms with Crippen LogP contribution >= 0.6 is 15.9 Å². The van der Waals surface area contributed by atoms with Crippen LogP contribution in [0.25, 0.3) is 11.0 Å². The number of aryl methyl sites for hydroxylation is 1. The van der Waals surface area contributed by atoms with Gasteiger partial charge in [-0.25, -0.2) is 4.98 Å². The summed E-state index contributed by atoms with van der Waals surface area (Å²) in [6.07, 6.45) is 3.40. The molecular weight excluding hydrogens is 290 g/mol. The first-order chi connectivity index (χ1) is 8.50. The van der Waals surface area contributed by atoms with Crippen LogP contribution in [0.15, 0.2) is 16.6 Å². The molecule has 3 nitrogen and oxygen atoms in total. The Morgan fingerprint density at radius 1 is 1.50 bits per heavy atom. The fourth-order valence-corrected chi connectivity index (χ4v) is 3.58. The van der Waals surface area contributed by atoms with Crippen LogP contribution < -0.4 is 5.73 Å². The van der Waals surface area contributed by atoms with E-state index in [0.29, 0.717) is 0 Å². The number of imidazole rings is 1. The van der Waals surface area contributed by atoms with Crippen molar-refractivity contribution >= 4 is 27.0 Å². The van der Waals surface area contributed by atoms with Crippen molar-refractivity contribution in [3.05, 3.63) is 28.0 Å². The summed E-state index contributed by atoms with van der Waals surface area (Å²) in [6.45, 7) is 4.32. The highest BCUT2D eigenvalue weighted by atomic mass is 79.9. The quantitative estimate of drug-likeness (QED) is 0.848. The van der Waals surface area contributed by atoms with Crippen LogP contribution in [0, 0.1) is 6.92 Å². The van der Waals surface area contributed by atoms with Crippen LogP contribution in [-0.4, -0.2) is 16.0 Å². The molecule has 0 bridgehead atoms. The van der Waals surface area contributed by atoms with Crippen molar-refractivity contribution in [1.29, 1.82) is 0 Å². The fourth-order valence-electron chi connectivity index (χ4n) is 3.00. The van der Waals surface area contributed by atoms with Gasteiger partial charge in [-0.1, -0.05) is 29.3 Å². The molecule has 1 aromatic heterocycles. The van der Waals surface area contributed by atoms with E-state index < -0.39 is 0 Å². The molecule has 18 heavy (non-hydrogen) atoms. The number of aromatic amines is 1. The highest BCUT2D eigenvalue weighted by Gasteiger charge is 2.40. The molecule has 2 atom stereocenters. The summed E-state index contributed by atoms with van der Waals surface area (Å²) in [5, 5.41) is 0. The van der Waals surface area contributed by atoms with E-state index in [9.17, 15) is 0 Å². The number of nitrogens with one attached hydrogen (secondary N) is 1. The number of fused-ring (bicyclic) bond motifs is 1. The first-order valence-corrected chi connectivity index (χ1v) is 7.22. The standard InChI is InChI=1S/C14H18BrN3/c1-8-6-9(15)7-10-12(8)18-13(17-10)14(2)5-3-4-11(14)16/h6-7,11H,3-5,16H2,1-2H3,(H,17,18). The molecule has 2 unspecified atom stereocenters. The van der Waals surface area contributed by atoms with Crippen LogP contribution in [0.5, 0.6) is 0 Å². The SMILES string of the molecule is Cc1cc(Br)cc2[nH]c(C3(C)CCCC3N)nc12. The maximum absolute atomic E-state index is 6.27. The maximum atomic E-state index is 6.27. The van der Waals surface area contributed by atoms with Gasteiger partial charge in [-0.05, 0) is 37.5 Å². The Kier molecular flexibility index (Phi) is 2.75. The maximum Gasteiger partial charge on any atom is 0.114 e. The van der Waals surface area contributed by atoms with E-state index in [2.05, 4.69) is 46.9 Å². The third kappa shape index (κ3) is 1.70. The predicted octanol–water partition coefficient (Wildman–Crippen LogP) is 3.40. The summed E-state index contributed by atoms with van der Waals surface area (Å²) in [4.78, 5) is 8.27. The lowest BCUT2D eigenvalue weighted by Crippen LogP contribution is -2.39. The number of nitrogens with zero attached hydrogens (tertiary/aromatic N) is 1. The number of rotatable bonds is 1. The van der Waals surface area contributed by atoms with E-state index in [0.717, 1.165) is 34.2 Å². The van der Waals surface area contributed by atoms with E-state index in [4.69, 9.17) is 10.7 Å². The van der Waals surface area contributed by atoms with Crippen molar-refractivity contribution in [2.45, 2.75) is 44.6 Å². The number of benzene rings is 1. The molecule has 1 saturated carbocycles. The summed E-state index contributed by atoms with van der Waals surface area (Å²) in [5.41, 5.74) is 9.61. The lowest BCUT2D eigenvalue weighted by molar-refractivity contribution is 0.409. The Hall–Kier alpha value is -0.870. The first kappa shape index (κ1) is 12.2. The van der Waals surface area contributed by atoms with Crippen molar-refractivity contribution in [2.75, 3.05) is 0 Å². The number of hydrogen-bond acceptors (Lipinski definition) is 2. The molecule has 0 aliphatic heterocycles. The molecule has 0 amide bonds. The molecule has 1 aromatic carbocycles. The number of nitrogens with two attached hydrogens (primary N) is 1. The van der Waals surface area contributed by atoms with E-state index in [1.807, 2.05) is 0 Å². The van der Waals surface area contributed by atoms with Crippen molar-refractivity contribution < 1.29 is 0 Å². The van der Waals surface area contributed by atoms with Crippen LogP contribution in [0.1, 0.15) is 37.6 Å². The van der Waals surface area contributed by atoms with Crippen LogP contribution in [0.3, 0.4) is 0 Å². The summed E-state index contributed by atoms with van der Waals surface area (Å²) in [7, 11) is 0. The average molecular weight is 308 g/mol. The van der Waals surface area contributed by atoms with Crippen LogP contribution in [-0.2, 0) is 5.41 Å². The summed E-state index contributed by atoms with van der Waals surface area (Å²) < 4.78 is 1.09. The zero-order valence-corrected chi connectivity index (χ0v) is 12.3. The average Bonchev–Trinajstić information content (AvgIpc) is 2.85. The van der Waals surface area contributed by atoms with Gasteiger partial charge in [0.2, 0.25) is 0 Å². The molecule has 96 valence electrons. The van der Waals surface area contributed by atoms with E-state index in [-0.39, 0.29) is 11.5 Å². The first-order valence-electron chi connectivity index (χ1n) is 6.42. The Morgan fingerprint density at radius 3 is 2.94 bits per heavy atom. The minimum atomic E-state index is -0.00205. The van der Waals surface area contributed by atoms with Gasteiger partial charge in [-0.2, -0.15) is 0 Å². The molecule has 3 N–H and O–H groups in total. The van der Waals surface area contributed by atoms with Crippen molar-refractivity contribution in [1.82, 2.24) is 9.97 Å². The van der Waals surface area contributed by atoms with Gasteiger partial charge in [-0.15, -0.1) is 0 Å². The minimum Gasteiger partial charge on any atom is -0.341 e. The Bertz CT molecular complexity index is 604. The third-order valence-electron chi connectivity index (χ3n) is 4.31. The Balaban J connectivity index is 2.17. The van der Waals surface area contributed by atoms with Crippen molar-refractivity contribution in [3.63, 3.8) is 0 Å². The second-order valence-electron chi connectivity index (χ2n) is 5.62. The van der Waals surface area contributed by atoms with Gasteiger partial charge in [0.05, 0.1) is 11.0 Å². The smallest absolute Gasteiger partial charge is 0.114 e. The molecule has 1 fully saturated rings. The number of H-pyrrole nitrogens is 1. The van der Waals surface area contributed by atoms with Gasteiger partial charge < -0.3 is 10.7 Å².